The highest BCUT2D eigenvalue weighted by Crippen LogP contribution is 2.39. The molecule has 1 aromatic rings. The highest BCUT2D eigenvalue weighted by Gasteiger charge is 2.34. The molecule has 2 N–H and O–H groups in total. The molecule has 3 rings (SSSR count). The summed E-state index contributed by atoms with van der Waals surface area (Å²) in [4.78, 5) is 10.9. The third kappa shape index (κ3) is 1.38. The predicted octanol–water partition coefficient (Wildman–Crippen LogP) is 1.68. The third-order valence-corrected chi connectivity index (χ3v) is 3.40. The van der Waals surface area contributed by atoms with Crippen LogP contribution in [0, 0.1) is 0 Å². The zero-order chi connectivity index (χ0) is 11.1. The van der Waals surface area contributed by atoms with E-state index in [0.29, 0.717) is 24.1 Å². The Bertz CT molecular complexity index is 444. The Kier molecular flexibility index (Phi) is 2.11. The molecule has 16 heavy (non-hydrogen) atoms. The molecule has 4 nitrogen and oxygen atoms in total. The summed E-state index contributed by atoms with van der Waals surface area (Å²) in [6, 6.07) is 5.68. The number of hydrogen-bond acceptors (Lipinski definition) is 3. The smallest absolute Gasteiger partial charge is 0.335 e. The van der Waals surface area contributed by atoms with E-state index in [0.717, 1.165) is 24.3 Å². The SMILES string of the molecule is O=C(O)c1ccc2c(c1)C1COCCC1N2. The van der Waals surface area contributed by atoms with E-state index in [9.17, 15) is 4.79 Å². The molecule has 0 amide bonds. The molecule has 0 saturated carbocycles. The highest BCUT2D eigenvalue weighted by atomic mass is 16.5. The van der Waals surface area contributed by atoms with E-state index < -0.39 is 5.97 Å². The van der Waals surface area contributed by atoms with Crippen molar-refractivity contribution in [1.29, 1.82) is 0 Å². The Morgan fingerprint density at radius 1 is 1.50 bits per heavy atom. The summed E-state index contributed by atoms with van der Waals surface area (Å²) in [7, 11) is 0. The fourth-order valence-corrected chi connectivity index (χ4v) is 2.55. The number of hydrogen-bond donors (Lipinski definition) is 2. The number of carboxylic acids is 1. The van der Waals surface area contributed by atoms with Gasteiger partial charge in [-0.05, 0) is 30.2 Å². The molecule has 2 aliphatic rings. The van der Waals surface area contributed by atoms with Crippen LogP contribution in [0.5, 0.6) is 0 Å². The highest BCUT2D eigenvalue weighted by molar-refractivity contribution is 5.89. The zero-order valence-electron chi connectivity index (χ0n) is 8.77. The molecule has 1 aromatic carbocycles. The van der Waals surface area contributed by atoms with E-state index in [-0.39, 0.29) is 0 Å². The van der Waals surface area contributed by atoms with Gasteiger partial charge in [0, 0.05) is 24.3 Å². The van der Waals surface area contributed by atoms with Crippen molar-refractivity contribution in [3.8, 4) is 0 Å². The van der Waals surface area contributed by atoms with Gasteiger partial charge in [0.1, 0.15) is 0 Å². The number of ether oxygens (including phenoxy) is 1. The van der Waals surface area contributed by atoms with Crippen molar-refractivity contribution in [2.45, 2.75) is 18.4 Å². The molecule has 2 aliphatic heterocycles. The van der Waals surface area contributed by atoms with Gasteiger partial charge in [-0.25, -0.2) is 4.79 Å². The predicted molar refractivity (Wildman–Crippen MR) is 59.0 cm³/mol. The standard InChI is InChI=1S/C12H13NO3/c14-12(15)7-1-2-10-8(5-7)9-6-16-4-3-11(9)13-10/h1-2,5,9,11,13H,3-4,6H2,(H,14,15). The monoisotopic (exact) mass is 219 g/mol. The van der Waals surface area contributed by atoms with Gasteiger partial charge >= 0.3 is 5.97 Å². The van der Waals surface area contributed by atoms with Crippen LogP contribution in [0.4, 0.5) is 5.69 Å². The lowest BCUT2D eigenvalue weighted by Gasteiger charge is -2.25. The van der Waals surface area contributed by atoms with Crippen molar-refractivity contribution >= 4 is 11.7 Å². The Morgan fingerprint density at radius 2 is 2.38 bits per heavy atom. The minimum Gasteiger partial charge on any atom is -0.478 e. The molecule has 2 heterocycles. The minimum atomic E-state index is -0.872. The normalized spacial score (nSPS) is 26.8. The molecular weight excluding hydrogens is 206 g/mol. The average Bonchev–Trinajstić information content (AvgIpc) is 2.66. The van der Waals surface area contributed by atoms with E-state index in [2.05, 4.69) is 5.32 Å². The fourth-order valence-electron chi connectivity index (χ4n) is 2.55. The first-order chi connectivity index (χ1) is 7.75. The summed E-state index contributed by atoms with van der Waals surface area (Å²) in [5.74, 6) is -0.564. The molecule has 84 valence electrons. The summed E-state index contributed by atoms with van der Waals surface area (Å²) in [6.07, 6.45) is 0.988. The Hall–Kier alpha value is -1.55. The van der Waals surface area contributed by atoms with Crippen molar-refractivity contribution in [3.05, 3.63) is 29.3 Å². The van der Waals surface area contributed by atoms with Crippen molar-refractivity contribution in [3.63, 3.8) is 0 Å². The number of fused-ring (bicyclic) bond motifs is 3. The average molecular weight is 219 g/mol. The lowest BCUT2D eigenvalue weighted by atomic mass is 9.91. The van der Waals surface area contributed by atoms with E-state index in [1.54, 1.807) is 12.1 Å². The second-order valence-corrected chi connectivity index (χ2v) is 4.33. The van der Waals surface area contributed by atoms with Crippen LogP contribution in [0.2, 0.25) is 0 Å². The third-order valence-electron chi connectivity index (χ3n) is 3.40. The molecule has 0 aromatic heterocycles. The lowest BCUT2D eigenvalue weighted by molar-refractivity contribution is 0.0694. The van der Waals surface area contributed by atoms with Gasteiger partial charge in [0.2, 0.25) is 0 Å². The van der Waals surface area contributed by atoms with Crippen molar-refractivity contribution < 1.29 is 14.6 Å². The molecule has 1 fully saturated rings. The van der Waals surface area contributed by atoms with Gasteiger partial charge in [0.25, 0.3) is 0 Å². The topological polar surface area (TPSA) is 58.6 Å². The van der Waals surface area contributed by atoms with Crippen LogP contribution in [0.15, 0.2) is 18.2 Å². The molecular formula is C12H13NO3. The Morgan fingerprint density at radius 3 is 3.19 bits per heavy atom. The fraction of sp³-hybridized carbons (Fsp3) is 0.417. The Balaban J connectivity index is 2.00. The molecule has 0 bridgehead atoms. The first kappa shape index (κ1) is 9.66. The van der Waals surface area contributed by atoms with Crippen LogP contribution in [0.3, 0.4) is 0 Å². The molecule has 0 radical (unpaired) electrons. The van der Waals surface area contributed by atoms with E-state index in [4.69, 9.17) is 9.84 Å². The minimum absolute atomic E-state index is 0.308. The number of anilines is 1. The summed E-state index contributed by atoms with van der Waals surface area (Å²) in [6.45, 7) is 1.47. The van der Waals surface area contributed by atoms with Crippen molar-refractivity contribution in [2.75, 3.05) is 18.5 Å². The maximum absolute atomic E-state index is 10.9. The molecule has 0 aliphatic carbocycles. The zero-order valence-corrected chi connectivity index (χ0v) is 8.77. The quantitative estimate of drug-likeness (QED) is 0.754. The first-order valence-electron chi connectivity index (χ1n) is 5.47. The van der Waals surface area contributed by atoms with Gasteiger partial charge in [-0.2, -0.15) is 0 Å². The van der Waals surface area contributed by atoms with Gasteiger partial charge in [0.15, 0.2) is 0 Å². The van der Waals surface area contributed by atoms with Crippen molar-refractivity contribution in [2.24, 2.45) is 0 Å². The maximum atomic E-state index is 10.9. The number of carboxylic acid groups (broad SMARTS) is 1. The molecule has 1 saturated heterocycles. The first-order valence-corrected chi connectivity index (χ1v) is 5.47. The molecule has 0 spiro atoms. The van der Waals surface area contributed by atoms with Crippen LogP contribution >= 0.6 is 0 Å². The van der Waals surface area contributed by atoms with E-state index >= 15 is 0 Å². The number of aromatic carboxylic acids is 1. The summed E-state index contributed by atoms with van der Waals surface area (Å²) >= 11 is 0. The van der Waals surface area contributed by atoms with Crippen LogP contribution in [0.1, 0.15) is 28.3 Å². The Labute approximate surface area is 93.2 Å². The number of benzene rings is 1. The number of carbonyl (C=O) groups is 1. The molecule has 2 atom stereocenters. The van der Waals surface area contributed by atoms with Crippen LogP contribution < -0.4 is 5.32 Å². The van der Waals surface area contributed by atoms with Crippen molar-refractivity contribution in [1.82, 2.24) is 0 Å². The maximum Gasteiger partial charge on any atom is 0.335 e. The van der Waals surface area contributed by atoms with Crippen LogP contribution in [-0.4, -0.2) is 30.3 Å². The number of rotatable bonds is 1. The van der Waals surface area contributed by atoms with Gasteiger partial charge in [-0.3, -0.25) is 0 Å². The molecule has 4 heteroatoms. The largest absolute Gasteiger partial charge is 0.478 e. The van der Waals surface area contributed by atoms with Crippen LogP contribution in [-0.2, 0) is 4.74 Å². The van der Waals surface area contributed by atoms with Gasteiger partial charge < -0.3 is 15.2 Å². The summed E-state index contributed by atoms with van der Waals surface area (Å²) in [5.41, 5.74) is 2.50. The van der Waals surface area contributed by atoms with Gasteiger partial charge in [-0.1, -0.05) is 0 Å². The van der Waals surface area contributed by atoms with E-state index in [1.165, 1.54) is 0 Å². The molecule has 2 unspecified atom stereocenters. The van der Waals surface area contributed by atoms with Gasteiger partial charge in [-0.15, -0.1) is 0 Å². The lowest BCUT2D eigenvalue weighted by Crippen LogP contribution is -2.30. The van der Waals surface area contributed by atoms with E-state index in [1.807, 2.05) is 6.07 Å². The van der Waals surface area contributed by atoms with Crippen LogP contribution in [0.25, 0.3) is 0 Å². The second kappa shape index (κ2) is 3.49. The number of nitrogens with one attached hydrogen (secondary N) is 1. The second-order valence-electron chi connectivity index (χ2n) is 4.33. The van der Waals surface area contributed by atoms with Gasteiger partial charge in [0.05, 0.1) is 12.2 Å². The summed E-state index contributed by atoms with van der Waals surface area (Å²) < 4.78 is 5.45. The summed E-state index contributed by atoms with van der Waals surface area (Å²) in [5, 5.41) is 12.4.